The van der Waals surface area contributed by atoms with E-state index in [-0.39, 0.29) is 5.41 Å². The summed E-state index contributed by atoms with van der Waals surface area (Å²) in [6, 6.07) is 0. The number of nitrogens with zero attached hydrogens (tertiary/aromatic N) is 3. The predicted molar refractivity (Wildman–Crippen MR) is 64.8 cm³/mol. The molecule has 2 N–H and O–H groups in total. The molecule has 0 aliphatic carbocycles. The number of nitrogens with two attached hydrogens (primary N) is 1. The van der Waals surface area contributed by atoms with E-state index >= 15 is 0 Å². The first-order valence-corrected chi connectivity index (χ1v) is 5.29. The summed E-state index contributed by atoms with van der Waals surface area (Å²) in [5, 5.41) is 4.16. The van der Waals surface area contributed by atoms with Gasteiger partial charge in [-0.2, -0.15) is 5.10 Å². The van der Waals surface area contributed by atoms with Gasteiger partial charge in [0, 0.05) is 12.5 Å². The Morgan fingerprint density at radius 1 is 1.56 bits per heavy atom. The molecule has 0 saturated heterocycles. The monoisotopic (exact) mass is 224 g/mol. The van der Waals surface area contributed by atoms with Crippen LogP contribution < -0.4 is 5.73 Å². The molecule has 90 valence electrons. The van der Waals surface area contributed by atoms with Crippen LogP contribution in [0, 0.1) is 5.41 Å². The lowest BCUT2D eigenvalue weighted by molar-refractivity contribution is 0.183. The molecule has 0 unspecified atom stereocenters. The number of methoxy groups -OCH3 is 1. The summed E-state index contributed by atoms with van der Waals surface area (Å²) in [5.41, 5.74) is 6.55. The molecule has 0 amide bonds. The average Bonchev–Trinajstić information content (AvgIpc) is 2.61. The van der Waals surface area contributed by atoms with Crippen LogP contribution in [0.25, 0.3) is 0 Å². The van der Waals surface area contributed by atoms with E-state index in [2.05, 4.69) is 10.1 Å². The van der Waals surface area contributed by atoms with Gasteiger partial charge in [0.05, 0.1) is 25.5 Å². The van der Waals surface area contributed by atoms with E-state index in [4.69, 9.17) is 10.5 Å². The number of rotatable bonds is 4. The van der Waals surface area contributed by atoms with Crippen LogP contribution in [0.2, 0.25) is 0 Å². The molecule has 0 aromatic carbocycles. The zero-order chi connectivity index (χ0) is 12.2. The quantitative estimate of drug-likeness (QED) is 0.623. The smallest absolute Gasteiger partial charge is 0.105 e. The molecule has 0 aliphatic heterocycles. The van der Waals surface area contributed by atoms with Crippen LogP contribution in [0.3, 0.4) is 0 Å². The highest BCUT2D eigenvalue weighted by molar-refractivity contribution is 5.87. The Labute approximate surface area is 96.3 Å². The maximum absolute atomic E-state index is 5.88. The Bertz CT molecular complexity index is 362. The van der Waals surface area contributed by atoms with Crippen molar-refractivity contribution < 1.29 is 4.74 Å². The molecule has 0 aliphatic rings. The van der Waals surface area contributed by atoms with Gasteiger partial charge in [-0.05, 0) is 0 Å². The Balaban J connectivity index is 2.71. The molecule has 0 radical (unpaired) electrons. The Morgan fingerprint density at radius 2 is 2.25 bits per heavy atom. The SMILES string of the molecule is COCCn1cc(N=C(N)C(C)(C)C)cn1. The summed E-state index contributed by atoms with van der Waals surface area (Å²) in [6.45, 7) is 7.45. The van der Waals surface area contributed by atoms with Gasteiger partial charge in [-0.1, -0.05) is 20.8 Å². The third-order valence-electron chi connectivity index (χ3n) is 2.16. The van der Waals surface area contributed by atoms with E-state index in [9.17, 15) is 0 Å². The van der Waals surface area contributed by atoms with Crippen LogP contribution in [0.5, 0.6) is 0 Å². The molecule has 0 bridgehead atoms. The minimum Gasteiger partial charge on any atom is -0.387 e. The normalized spacial score (nSPS) is 13.1. The Hall–Kier alpha value is -1.36. The van der Waals surface area contributed by atoms with Crippen molar-refractivity contribution in [2.24, 2.45) is 16.1 Å². The van der Waals surface area contributed by atoms with Gasteiger partial charge in [-0.15, -0.1) is 0 Å². The minimum absolute atomic E-state index is 0.116. The van der Waals surface area contributed by atoms with Gasteiger partial charge in [0.15, 0.2) is 0 Å². The van der Waals surface area contributed by atoms with Gasteiger partial charge in [0.25, 0.3) is 0 Å². The number of hydrogen-bond donors (Lipinski definition) is 1. The van der Waals surface area contributed by atoms with Crippen molar-refractivity contribution in [1.29, 1.82) is 0 Å². The van der Waals surface area contributed by atoms with Crippen LogP contribution in [-0.4, -0.2) is 29.3 Å². The van der Waals surface area contributed by atoms with Crippen molar-refractivity contribution in [3.8, 4) is 0 Å². The first kappa shape index (κ1) is 12.7. The van der Waals surface area contributed by atoms with Crippen molar-refractivity contribution in [2.45, 2.75) is 27.3 Å². The maximum Gasteiger partial charge on any atom is 0.105 e. The lowest BCUT2D eigenvalue weighted by Gasteiger charge is -2.16. The molecule has 5 heteroatoms. The van der Waals surface area contributed by atoms with Crippen molar-refractivity contribution in [2.75, 3.05) is 13.7 Å². The van der Waals surface area contributed by atoms with Crippen molar-refractivity contribution in [1.82, 2.24) is 9.78 Å². The molecule has 16 heavy (non-hydrogen) atoms. The highest BCUT2D eigenvalue weighted by Crippen LogP contribution is 2.17. The largest absolute Gasteiger partial charge is 0.387 e. The minimum atomic E-state index is -0.116. The topological polar surface area (TPSA) is 65.4 Å². The molecule has 0 saturated carbocycles. The van der Waals surface area contributed by atoms with Gasteiger partial charge >= 0.3 is 0 Å². The van der Waals surface area contributed by atoms with Crippen molar-refractivity contribution in [3.63, 3.8) is 0 Å². The first-order chi connectivity index (χ1) is 7.43. The molecule has 1 rings (SSSR count). The molecule has 1 heterocycles. The van der Waals surface area contributed by atoms with E-state index in [1.165, 1.54) is 0 Å². The second kappa shape index (κ2) is 5.12. The highest BCUT2D eigenvalue weighted by Gasteiger charge is 2.15. The summed E-state index contributed by atoms with van der Waals surface area (Å²) in [4.78, 5) is 4.33. The average molecular weight is 224 g/mol. The fraction of sp³-hybridized carbons (Fsp3) is 0.636. The zero-order valence-electron chi connectivity index (χ0n) is 10.4. The summed E-state index contributed by atoms with van der Waals surface area (Å²) < 4.78 is 6.76. The van der Waals surface area contributed by atoms with E-state index in [1.54, 1.807) is 18.0 Å². The second-order valence-corrected chi connectivity index (χ2v) is 4.70. The van der Waals surface area contributed by atoms with Crippen molar-refractivity contribution >= 4 is 11.5 Å². The highest BCUT2D eigenvalue weighted by atomic mass is 16.5. The Kier molecular flexibility index (Phi) is 4.06. The zero-order valence-corrected chi connectivity index (χ0v) is 10.4. The van der Waals surface area contributed by atoms with Gasteiger partial charge in [-0.25, -0.2) is 4.99 Å². The maximum atomic E-state index is 5.88. The molecule has 0 fully saturated rings. The molecule has 1 aromatic heterocycles. The van der Waals surface area contributed by atoms with Crippen LogP contribution in [0.4, 0.5) is 5.69 Å². The third kappa shape index (κ3) is 3.66. The number of amidine groups is 1. The fourth-order valence-electron chi connectivity index (χ4n) is 1.02. The van der Waals surface area contributed by atoms with Crippen molar-refractivity contribution in [3.05, 3.63) is 12.4 Å². The standard InChI is InChI=1S/C11H20N4O/c1-11(2,3)10(12)14-9-7-13-15(8-9)5-6-16-4/h7-8H,5-6H2,1-4H3,(H2,12,14). The lowest BCUT2D eigenvalue weighted by Crippen LogP contribution is -2.28. The number of hydrogen-bond acceptors (Lipinski definition) is 3. The van der Waals surface area contributed by atoms with E-state index in [1.807, 2.05) is 27.0 Å². The summed E-state index contributed by atoms with van der Waals surface area (Å²) in [7, 11) is 1.67. The van der Waals surface area contributed by atoms with E-state index in [0.29, 0.717) is 12.4 Å². The van der Waals surface area contributed by atoms with E-state index < -0.39 is 0 Å². The van der Waals surface area contributed by atoms with Gasteiger partial charge in [-0.3, -0.25) is 4.68 Å². The van der Waals surface area contributed by atoms with Gasteiger partial charge < -0.3 is 10.5 Å². The van der Waals surface area contributed by atoms with Gasteiger partial charge in [0.2, 0.25) is 0 Å². The molecular weight excluding hydrogens is 204 g/mol. The number of aliphatic imine (C=N–C) groups is 1. The van der Waals surface area contributed by atoms with E-state index in [0.717, 1.165) is 12.2 Å². The summed E-state index contributed by atoms with van der Waals surface area (Å²) in [6.07, 6.45) is 3.56. The predicted octanol–water partition coefficient (Wildman–Crippen LogP) is 1.56. The molecular formula is C11H20N4O. The second-order valence-electron chi connectivity index (χ2n) is 4.70. The first-order valence-electron chi connectivity index (χ1n) is 5.29. The van der Waals surface area contributed by atoms with Crippen LogP contribution in [0.15, 0.2) is 17.4 Å². The lowest BCUT2D eigenvalue weighted by atomic mass is 9.95. The third-order valence-corrected chi connectivity index (χ3v) is 2.16. The molecule has 0 atom stereocenters. The molecule has 5 nitrogen and oxygen atoms in total. The fourth-order valence-corrected chi connectivity index (χ4v) is 1.02. The molecule has 0 spiro atoms. The number of ether oxygens (including phenoxy) is 1. The van der Waals surface area contributed by atoms with Crippen LogP contribution in [0.1, 0.15) is 20.8 Å². The van der Waals surface area contributed by atoms with Crippen LogP contribution >= 0.6 is 0 Å². The molecule has 1 aromatic rings. The van der Waals surface area contributed by atoms with Crippen LogP contribution in [-0.2, 0) is 11.3 Å². The summed E-state index contributed by atoms with van der Waals surface area (Å²) >= 11 is 0. The number of aromatic nitrogens is 2. The van der Waals surface area contributed by atoms with Gasteiger partial charge in [0.1, 0.15) is 11.5 Å². The summed E-state index contributed by atoms with van der Waals surface area (Å²) in [5.74, 6) is 0.610. The Morgan fingerprint density at radius 3 is 2.81 bits per heavy atom.